The Balaban J connectivity index is 1.54. The van der Waals surface area contributed by atoms with Crippen LogP contribution < -0.4 is 0 Å². The van der Waals surface area contributed by atoms with Crippen LogP contribution in [0.5, 0.6) is 0 Å². The average molecular weight is 421 g/mol. The van der Waals surface area contributed by atoms with Crippen LogP contribution >= 0.6 is 0 Å². The Hall–Kier alpha value is -0.290. The van der Waals surface area contributed by atoms with Crippen molar-refractivity contribution in [3.63, 3.8) is 0 Å². The Bertz CT molecular complexity index is 578. The van der Waals surface area contributed by atoms with Crippen LogP contribution in [0.3, 0.4) is 0 Å². The molecule has 0 aliphatic carbocycles. The molecule has 4 fully saturated rings. The summed E-state index contributed by atoms with van der Waals surface area (Å²) >= 11 is 0. The van der Waals surface area contributed by atoms with E-state index in [0.717, 1.165) is 38.5 Å². The molecule has 4 aliphatic heterocycles. The molecule has 162 valence electrons. The van der Waals surface area contributed by atoms with Gasteiger partial charge in [0.05, 0.1) is 11.5 Å². The first-order valence-electron chi connectivity index (χ1n) is 10.4. The van der Waals surface area contributed by atoms with E-state index in [1.54, 1.807) is 0 Å². The topological polar surface area (TPSA) is 89.5 Å². The fourth-order valence-corrected chi connectivity index (χ4v) is 6.08. The Labute approximate surface area is 167 Å². The van der Waals surface area contributed by atoms with Gasteiger partial charge in [0.1, 0.15) is 24.4 Å². The molecule has 0 radical (unpaired) electrons. The average Bonchev–Trinajstić information content (AvgIpc) is 2.93. The van der Waals surface area contributed by atoms with Gasteiger partial charge in [-0.2, -0.15) is 0 Å². The first-order valence-corrected chi connectivity index (χ1v) is 12.2. The molecule has 0 spiro atoms. The van der Waals surface area contributed by atoms with Crippen molar-refractivity contribution in [2.24, 2.45) is 0 Å². The van der Waals surface area contributed by atoms with E-state index in [0.29, 0.717) is 13.2 Å². The highest BCUT2D eigenvalue weighted by Gasteiger charge is 2.54. The normalized spacial score (nSPS) is 43.2. The molecule has 0 aromatic rings. The van der Waals surface area contributed by atoms with Crippen LogP contribution in [-0.2, 0) is 38.3 Å². The summed E-state index contributed by atoms with van der Waals surface area (Å²) in [5.74, 6) is -1.09. The highest BCUT2D eigenvalue weighted by Crippen LogP contribution is 2.38. The monoisotopic (exact) mass is 420 g/mol. The predicted octanol–water partition coefficient (Wildman–Crippen LogP) is 1.76. The van der Waals surface area contributed by atoms with E-state index in [-0.39, 0.29) is 11.5 Å². The van der Waals surface area contributed by atoms with Gasteiger partial charge in [-0.3, -0.25) is 0 Å². The van der Waals surface area contributed by atoms with E-state index in [1.165, 1.54) is 0 Å². The van der Waals surface area contributed by atoms with E-state index in [9.17, 15) is 8.42 Å². The van der Waals surface area contributed by atoms with E-state index in [1.807, 2.05) is 13.8 Å². The Kier molecular flexibility index (Phi) is 6.33. The van der Waals surface area contributed by atoms with Gasteiger partial charge in [-0.25, -0.2) is 8.42 Å². The van der Waals surface area contributed by atoms with Gasteiger partial charge in [0.15, 0.2) is 28.2 Å². The van der Waals surface area contributed by atoms with Crippen molar-refractivity contribution in [2.75, 3.05) is 24.7 Å². The van der Waals surface area contributed by atoms with E-state index >= 15 is 0 Å². The van der Waals surface area contributed by atoms with Gasteiger partial charge in [-0.1, -0.05) is 0 Å². The summed E-state index contributed by atoms with van der Waals surface area (Å²) in [6.07, 6.45) is 2.35. The molecule has 4 saturated heterocycles. The molecule has 8 nitrogen and oxygen atoms in total. The van der Waals surface area contributed by atoms with Gasteiger partial charge < -0.3 is 28.4 Å². The summed E-state index contributed by atoms with van der Waals surface area (Å²) in [6.45, 7) is 4.93. The molecule has 6 atom stereocenters. The summed E-state index contributed by atoms with van der Waals surface area (Å²) < 4.78 is 61.4. The van der Waals surface area contributed by atoms with Crippen molar-refractivity contribution in [1.82, 2.24) is 0 Å². The van der Waals surface area contributed by atoms with Gasteiger partial charge in [0.2, 0.25) is 0 Å². The number of hydrogen-bond donors (Lipinski definition) is 0. The molecule has 2 unspecified atom stereocenters. The minimum Gasteiger partial charge on any atom is -0.353 e. The van der Waals surface area contributed by atoms with E-state index < -0.39 is 52.6 Å². The molecule has 4 rings (SSSR count). The lowest BCUT2D eigenvalue weighted by Gasteiger charge is -2.32. The molecule has 0 saturated carbocycles. The number of fused-ring (bicyclic) bond motifs is 1. The minimum absolute atomic E-state index is 0.126. The fraction of sp³-hybridized carbons (Fsp3) is 1.00. The summed E-state index contributed by atoms with van der Waals surface area (Å²) in [7, 11) is -3.42. The highest BCUT2D eigenvalue weighted by molar-refractivity contribution is 7.91. The first kappa shape index (κ1) is 21.0. The van der Waals surface area contributed by atoms with Crippen LogP contribution in [0.1, 0.15) is 52.4 Å². The maximum atomic E-state index is 12.8. The molecule has 0 amide bonds. The van der Waals surface area contributed by atoms with Crippen molar-refractivity contribution >= 4 is 9.84 Å². The molecule has 4 heterocycles. The first-order chi connectivity index (χ1) is 13.3. The van der Waals surface area contributed by atoms with Crippen LogP contribution in [0.4, 0.5) is 0 Å². The zero-order valence-electron chi connectivity index (χ0n) is 16.7. The van der Waals surface area contributed by atoms with Gasteiger partial charge in [0.25, 0.3) is 0 Å². The lowest BCUT2D eigenvalue weighted by Crippen LogP contribution is -2.47. The third kappa shape index (κ3) is 5.06. The zero-order valence-corrected chi connectivity index (χ0v) is 17.5. The molecular weight excluding hydrogens is 388 g/mol. The molecule has 4 aliphatic rings. The second-order valence-electron chi connectivity index (χ2n) is 8.58. The molecule has 0 aromatic carbocycles. The van der Waals surface area contributed by atoms with E-state index in [2.05, 4.69) is 0 Å². The van der Waals surface area contributed by atoms with Crippen LogP contribution in [0.2, 0.25) is 0 Å². The van der Waals surface area contributed by atoms with Crippen molar-refractivity contribution in [3.8, 4) is 0 Å². The summed E-state index contributed by atoms with van der Waals surface area (Å²) in [6, 6.07) is 0. The lowest BCUT2D eigenvalue weighted by molar-refractivity contribution is -0.218. The SMILES string of the molecule is CC1(C)O[C@H]2[C@H](O1)[C@H](OC1CCCCO1)CS(=O)(=O)C[C@H]2OC1CCCCO1. The van der Waals surface area contributed by atoms with Crippen LogP contribution in [0.25, 0.3) is 0 Å². The maximum absolute atomic E-state index is 12.8. The molecular formula is C19H32O8S. The third-order valence-corrected chi connectivity index (χ3v) is 7.33. The molecule has 9 heteroatoms. The van der Waals surface area contributed by atoms with Crippen LogP contribution in [0, 0.1) is 0 Å². The quantitative estimate of drug-likeness (QED) is 0.680. The number of ether oxygens (including phenoxy) is 6. The second kappa shape index (κ2) is 8.45. The van der Waals surface area contributed by atoms with Gasteiger partial charge >= 0.3 is 0 Å². The zero-order chi connectivity index (χ0) is 19.8. The van der Waals surface area contributed by atoms with Crippen molar-refractivity contribution in [2.45, 2.75) is 95.2 Å². The largest absolute Gasteiger partial charge is 0.353 e. The van der Waals surface area contributed by atoms with E-state index in [4.69, 9.17) is 28.4 Å². The van der Waals surface area contributed by atoms with Gasteiger partial charge in [-0.05, 0) is 52.4 Å². The van der Waals surface area contributed by atoms with Crippen LogP contribution in [0.15, 0.2) is 0 Å². The van der Waals surface area contributed by atoms with Gasteiger partial charge in [0, 0.05) is 13.2 Å². The van der Waals surface area contributed by atoms with Crippen molar-refractivity contribution < 1.29 is 36.8 Å². The maximum Gasteiger partial charge on any atom is 0.164 e. The molecule has 28 heavy (non-hydrogen) atoms. The predicted molar refractivity (Wildman–Crippen MR) is 99.4 cm³/mol. The van der Waals surface area contributed by atoms with Crippen molar-refractivity contribution in [3.05, 3.63) is 0 Å². The number of rotatable bonds is 4. The summed E-state index contributed by atoms with van der Waals surface area (Å²) in [5, 5.41) is 0. The number of sulfone groups is 1. The Morgan fingerprint density at radius 3 is 1.64 bits per heavy atom. The molecule has 0 bridgehead atoms. The van der Waals surface area contributed by atoms with Gasteiger partial charge in [-0.15, -0.1) is 0 Å². The fourth-order valence-electron chi connectivity index (χ4n) is 4.41. The number of hydrogen-bond acceptors (Lipinski definition) is 8. The van der Waals surface area contributed by atoms with Crippen LogP contribution in [-0.4, -0.2) is 75.9 Å². The Morgan fingerprint density at radius 2 is 1.25 bits per heavy atom. The smallest absolute Gasteiger partial charge is 0.164 e. The highest BCUT2D eigenvalue weighted by atomic mass is 32.2. The third-order valence-electron chi connectivity index (χ3n) is 5.66. The Morgan fingerprint density at radius 1 is 0.786 bits per heavy atom. The molecule has 0 N–H and O–H groups in total. The van der Waals surface area contributed by atoms with Crippen molar-refractivity contribution in [1.29, 1.82) is 0 Å². The molecule has 0 aromatic heterocycles. The summed E-state index contributed by atoms with van der Waals surface area (Å²) in [4.78, 5) is 0. The minimum atomic E-state index is -3.42. The lowest BCUT2D eigenvalue weighted by atomic mass is 10.0. The standard InChI is InChI=1S/C19H32O8S/c1-19(2)26-17-13(24-15-7-3-5-9-22-15)11-28(20,21)12-14(18(17)27-19)25-16-8-4-6-10-23-16/h13-18H,3-12H2,1-2H3/t13-,14-,15?,16?,17-,18-/m1/s1. The summed E-state index contributed by atoms with van der Waals surface area (Å²) in [5.41, 5.74) is 0. The second-order valence-corrected chi connectivity index (χ2v) is 10.7.